The number of hydrogen-bond acceptors (Lipinski definition) is 3. The van der Waals surface area contributed by atoms with E-state index in [4.69, 9.17) is 10.8 Å². The van der Waals surface area contributed by atoms with E-state index in [1.54, 1.807) is 0 Å². The Hall–Kier alpha value is -1.58. The summed E-state index contributed by atoms with van der Waals surface area (Å²) in [4.78, 5) is 10.1. The van der Waals surface area contributed by atoms with Gasteiger partial charge in [0, 0.05) is 6.07 Å². The highest BCUT2D eigenvalue weighted by Crippen LogP contribution is 2.22. The molecular formula is C7H6FNO2. The first-order valence-electron chi connectivity index (χ1n) is 2.88. The number of nitrogen functional groups attached to an aromatic ring is 1. The van der Waals surface area contributed by atoms with Crippen molar-refractivity contribution in [2.45, 2.75) is 0 Å². The van der Waals surface area contributed by atoms with Gasteiger partial charge < -0.3 is 10.8 Å². The molecular weight excluding hydrogens is 149 g/mol. The van der Waals surface area contributed by atoms with Crippen LogP contribution < -0.4 is 5.73 Å². The SMILES string of the molecule is Nc1cc(C=O)c(F)cc1O. The monoisotopic (exact) mass is 155 g/mol. The molecule has 0 saturated carbocycles. The molecule has 1 rings (SSSR count). The lowest BCUT2D eigenvalue weighted by Crippen LogP contribution is -1.92. The van der Waals surface area contributed by atoms with Gasteiger partial charge in [-0.25, -0.2) is 4.39 Å². The molecule has 3 N–H and O–H groups in total. The fourth-order valence-electron chi connectivity index (χ4n) is 0.687. The van der Waals surface area contributed by atoms with Crippen molar-refractivity contribution in [1.29, 1.82) is 0 Å². The van der Waals surface area contributed by atoms with Crippen molar-refractivity contribution in [2.75, 3.05) is 5.73 Å². The van der Waals surface area contributed by atoms with Crippen molar-refractivity contribution >= 4 is 12.0 Å². The quantitative estimate of drug-likeness (QED) is 0.360. The largest absolute Gasteiger partial charge is 0.506 e. The van der Waals surface area contributed by atoms with E-state index in [1.165, 1.54) is 0 Å². The first-order chi connectivity index (χ1) is 5.15. The van der Waals surface area contributed by atoms with Crippen LogP contribution in [-0.4, -0.2) is 11.4 Å². The highest BCUT2D eigenvalue weighted by atomic mass is 19.1. The van der Waals surface area contributed by atoms with E-state index in [0.29, 0.717) is 6.29 Å². The van der Waals surface area contributed by atoms with Crippen molar-refractivity contribution in [1.82, 2.24) is 0 Å². The van der Waals surface area contributed by atoms with Gasteiger partial charge in [0.25, 0.3) is 0 Å². The Bertz CT molecular complexity index is 299. The van der Waals surface area contributed by atoms with Gasteiger partial charge >= 0.3 is 0 Å². The molecule has 4 heteroatoms. The Morgan fingerprint density at radius 1 is 1.55 bits per heavy atom. The maximum atomic E-state index is 12.6. The number of carbonyl (C=O) groups is 1. The molecule has 0 aliphatic rings. The average molecular weight is 155 g/mol. The van der Waals surface area contributed by atoms with Crippen molar-refractivity contribution < 1.29 is 14.3 Å². The second-order valence-electron chi connectivity index (χ2n) is 2.05. The van der Waals surface area contributed by atoms with Crippen LogP contribution in [-0.2, 0) is 0 Å². The number of rotatable bonds is 1. The lowest BCUT2D eigenvalue weighted by Gasteiger charge is -1.99. The third-order valence-corrected chi connectivity index (χ3v) is 1.27. The normalized spacial score (nSPS) is 9.55. The molecule has 0 amide bonds. The molecule has 0 fully saturated rings. The van der Waals surface area contributed by atoms with Crippen LogP contribution in [0.1, 0.15) is 10.4 Å². The van der Waals surface area contributed by atoms with Gasteiger partial charge in [-0.3, -0.25) is 4.79 Å². The number of benzene rings is 1. The fourth-order valence-corrected chi connectivity index (χ4v) is 0.687. The molecule has 3 nitrogen and oxygen atoms in total. The molecule has 11 heavy (non-hydrogen) atoms. The van der Waals surface area contributed by atoms with E-state index < -0.39 is 5.82 Å². The molecule has 0 unspecified atom stereocenters. The van der Waals surface area contributed by atoms with E-state index in [0.717, 1.165) is 12.1 Å². The molecule has 0 saturated heterocycles. The molecule has 1 aromatic rings. The zero-order chi connectivity index (χ0) is 8.43. The number of aldehydes is 1. The average Bonchev–Trinajstić information content (AvgIpc) is 1.97. The van der Waals surface area contributed by atoms with Crippen molar-refractivity contribution in [3.63, 3.8) is 0 Å². The Morgan fingerprint density at radius 2 is 2.18 bits per heavy atom. The van der Waals surface area contributed by atoms with E-state index >= 15 is 0 Å². The van der Waals surface area contributed by atoms with Crippen LogP contribution in [0.3, 0.4) is 0 Å². The van der Waals surface area contributed by atoms with Crippen molar-refractivity contribution in [2.24, 2.45) is 0 Å². The van der Waals surface area contributed by atoms with E-state index in [1.807, 2.05) is 0 Å². The summed E-state index contributed by atoms with van der Waals surface area (Å²) in [6, 6.07) is 1.89. The standard InChI is InChI=1S/C7H6FNO2/c8-5-2-7(11)6(9)1-4(5)3-10/h1-3,11H,9H2. The van der Waals surface area contributed by atoms with Gasteiger partial charge in [0.2, 0.25) is 0 Å². The van der Waals surface area contributed by atoms with Crippen LogP contribution in [0.15, 0.2) is 12.1 Å². The van der Waals surface area contributed by atoms with Crippen LogP contribution in [0.4, 0.5) is 10.1 Å². The lowest BCUT2D eigenvalue weighted by atomic mass is 10.2. The molecule has 0 aliphatic carbocycles. The first kappa shape index (κ1) is 7.53. The van der Waals surface area contributed by atoms with Crippen LogP contribution in [0.5, 0.6) is 5.75 Å². The number of hydrogen-bond donors (Lipinski definition) is 2. The fraction of sp³-hybridized carbons (Fsp3) is 0. The summed E-state index contributed by atoms with van der Waals surface area (Å²) in [7, 11) is 0. The Labute approximate surface area is 62.3 Å². The highest BCUT2D eigenvalue weighted by molar-refractivity contribution is 5.78. The van der Waals surface area contributed by atoms with Gasteiger partial charge in [-0.15, -0.1) is 0 Å². The summed E-state index contributed by atoms with van der Waals surface area (Å²) in [5.74, 6) is -1.13. The number of phenols is 1. The predicted molar refractivity (Wildman–Crippen MR) is 37.9 cm³/mol. The van der Waals surface area contributed by atoms with Gasteiger partial charge in [-0.05, 0) is 6.07 Å². The van der Waals surface area contributed by atoms with Gasteiger partial charge in [-0.2, -0.15) is 0 Å². The summed E-state index contributed by atoms with van der Waals surface area (Å²) >= 11 is 0. The van der Waals surface area contributed by atoms with E-state index in [9.17, 15) is 9.18 Å². The molecule has 0 aromatic heterocycles. The molecule has 0 atom stereocenters. The first-order valence-corrected chi connectivity index (χ1v) is 2.88. The number of aromatic hydroxyl groups is 1. The zero-order valence-corrected chi connectivity index (χ0v) is 5.54. The minimum atomic E-state index is -0.772. The minimum absolute atomic E-state index is 0.00602. The van der Waals surface area contributed by atoms with Crippen LogP contribution in [0.2, 0.25) is 0 Å². The zero-order valence-electron chi connectivity index (χ0n) is 5.54. The Balaban J connectivity index is 3.31. The predicted octanol–water partition coefficient (Wildman–Crippen LogP) is 0.926. The number of anilines is 1. The van der Waals surface area contributed by atoms with Gasteiger partial charge in [-0.1, -0.05) is 0 Å². The third-order valence-electron chi connectivity index (χ3n) is 1.27. The molecule has 58 valence electrons. The Kier molecular flexibility index (Phi) is 1.76. The molecule has 0 bridgehead atoms. The van der Waals surface area contributed by atoms with Crippen molar-refractivity contribution in [3.8, 4) is 5.75 Å². The number of phenolic OH excluding ortho intramolecular Hbond substituents is 1. The van der Waals surface area contributed by atoms with Crippen LogP contribution in [0, 0.1) is 5.82 Å². The minimum Gasteiger partial charge on any atom is -0.506 e. The van der Waals surface area contributed by atoms with E-state index in [2.05, 4.69) is 0 Å². The van der Waals surface area contributed by atoms with Gasteiger partial charge in [0.15, 0.2) is 6.29 Å². The lowest BCUT2D eigenvalue weighted by molar-refractivity contribution is 0.112. The van der Waals surface area contributed by atoms with Gasteiger partial charge in [0.1, 0.15) is 11.6 Å². The smallest absolute Gasteiger partial charge is 0.153 e. The summed E-state index contributed by atoms with van der Waals surface area (Å²) in [6.07, 6.45) is 0.338. The molecule has 0 aliphatic heterocycles. The van der Waals surface area contributed by atoms with Crippen LogP contribution in [0.25, 0.3) is 0 Å². The second-order valence-corrected chi connectivity index (χ2v) is 2.05. The maximum Gasteiger partial charge on any atom is 0.153 e. The number of carbonyl (C=O) groups excluding carboxylic acids is 1. The molecule has 0 spiro atoms. The Morgan fingerprint density at radius 3 is 2.73 bits per heavy atom. The summed E-state index contributed by atoms with van der Waals surface area (Å²) in [5.41, 5.74) is 5.03. The van der Waals surface area contributed by atoms with Crippen molar-refractivity contribution in [3.05, 3.63) is 23.5 Å². The molecule has 1 aromatic carbocycles. The maximum absolute atomic E-state index is 12.6. The second kappa shape index (κ2) is 2.57. The van der Waals surface area contributed by atoms with Crippen LogP contribution >= 0.6 is 0 Å². The van der Waals surface area contributed by atoms with Gasteiger partial charge in [0.05, 0.1) is 11.3 Å². The third kappa shape index (κ3) is 1.29. The molecule has 0 radical (unpaired) electrons. The van der Waals surface area contributed by atoms with E-state index in [-0.39, 0.29) is 17.0 Å². The summed E-state index contributed by atoms with van der Waals surface area (Å²) < 4.78 is 12.6. The summed E-state index contributed by atoms with van der Waals surface area (Å²) in [6.45, 7) is 0. The number of halogens is 1. The molecule has 0 heterocycles. The summed E-state index contributed by atoms with van der Waals surface area (Å²) in [5, 5.41) is 8.84. The highest BCUT2D eigenvalue weighted by Gasteiger charge is 2.04. The topological polar surface area (TPSA) is 63.3 Å². The number of nitrogens with two attached hydrogens (primary N) is 1.